The van der Waals surface area contributed by atoms with Crippen molar-refractivity contribution in [3.05, 3.63) is 44.8 Å². The third kappa shape index (κ3) is 5.53. The van der Waals surface area contributed by atoms with Crippen LogP contribution in [0.5, 0.6) is 0 Å². The fourth-order valence-corrected chi connectivity index (χ4v) is 5.53. The number of thiophene rings is 1. The number of benzene rings is 1. The van der Waals surface area contributed by atoms with Gasteiger partial charge in [0.2, 0.25) is 11.8 Å². The van der Waals surface area contributed by atoms with Crippen LogP contribution in [0.15, 0.2) is 18.2 Å². The molecule has 0 saturated carbocycles. The van der Waals surface area contributed by atoms with Crippen LogP contribution in [0.1, 0.15) is 34.9 Å². The van der Waals surface area contributed by atoms with Crippen LogP contribution in [-0.2, 0) is 22.4 Å². The number of anilines is 2. The highest BCUT2D eigenvalue weighted by molar-refractivity contribution is 8.00. The predicted octanol–water partition coefficient (Wildman–Crippen LogP) is 5.02. The molecule has 2 N–H and O–H groups in total. The van der Waals surface area contributed by atoms with E-state index in [1.54, 1.807) is 18.2 Å². The van der Waals surface area contributed by atoms with E-state index in [0.717, 1.165) is 30.4 Å². The third-order valence-corrected chi connectivity index (χ3v) is 7.14. The summed E-state index contributed by atoms with van der Waals surface area (Å²) < 4.78 is 0. The smallest absolute Gasteiger partial charge is 0.235 e. The molecule has 0 saturated heterocycles. The van der Waals surface area contributed by atoms with Crippen molar-refractivity contribution < 1.29 is 9.59 Å². The number of amides is 2. The molecule has 1 unspecified atom stereocenters. The number of hydrogen-bond acceptors (Lipinski definition) is 5. The lowest BCUT2D eigenvalue weighted by atomic mass is 9.89. The molecule has 0 aliphatic heterocycles. The topological polar surface area (TPSA) is 82.0 Å². The molecule has 0 radical (unpaired) electrons. The summed E-state index contributed by atoms with van der Waals surface area (Å²) in [6.07, 6.45) is 2.93. The van der Waals surface area contributed by atoms with Crippen molar-refractivity contribution in [3.8, 4) is 6.07 Å². The number of nitriles is 1. The molecule has 1 aromatic carbocycles. The molecule has 3 rings (SSSR count). The summed E-state index contributed by atoms with van der Waals surface area (Å²) in [4.78, 5) is 25.6. The number of halogens is 1. The monoisotopic (exact) mass is 447 g/mol. The highest BCUT2D eigenvalue weighted by atomic mass is 35.5. The number of fused-ring (bicyclic) bond motifs is 1. The number of hydrogen-bond donors (Lipinski definition) is 2. The van der Waals surface area contributed by atoms with Gasteiger partial charge in [0, 0.05) is 15.6 Å². The highest BCUT2D eigenvalue weighted by Gasteiger charge is 2.24. The van der Waals surface area contributed by atoms with Crippen molar-refractivity contribution >= 4 is 57.2 Å². The van der Waals surface area contributed by atoms with E-state index in [1.165, 1.54) is 28.0 Å². The lowest BCUT2D eigenvalue weighted by Crippen LogP contribution is -2.18. The summed E-state index contributed by atoms with van der Waals surface area (Å²) in [6.45, 7) is 4.08. The molecule has 5 nitrogen and oxygen atoms in total. The second-order valence-electron chi connectivity index (χ2n) is 7.22. The van der Waals surface area contributed by atoms with E-state index in [-0.39, 0.29) is 23.3 Å². The quantitative estimate of drug-likeness (QED) is 0.651. The van der Waals surface area contributed by atoms with Crippen LogP contribution < -0.4 is 10.6 Å². The minimum absolute atomic E-state index is 0.150. The molecule has 1 atom stereocenters. The minimum Gasteiger partial charge on any atom is -0.325 e. The van der Waals surface area contributed by atoms with Gasteiger partial charge in [-0.25, -0.2) is 0 Å². The molecule has 1 aliphatic rings. The van der Waals surface area contributed by atoms with E-state index in [9.17, 15) is 14.9 Å². The fraction of sp³-hybridized carbons (Fsp3) is 0.381. The Bertz CT molecular complexity index is 981. The molecule has 0 fully saturated rings. The number of rotatable bonds is 6. The average molecular weight is 448 g/mol. The van der Waals surface area contributed by atoms with Gasteiger partial charge >= 0.3 is 0 Å². The first-order valence-electron chi connectivity index (χ1n) is 9.35. The van der Waals surface area contributed by atoms with Gasteiger partial charge in [-0.3, -0.25) is 9.59 Å². The van der Waals surface area contributed by atoms with Crippen LogP contribution in [0.3, 0.4) is 0 Å². The number of carbonyl (C=O) groups is 2. The zero-order valence-electron chi connectivity index (χ0n) is 16.3. The van der Waals surface area contributed by atoms with E-state index in [1.807, 2.05) is 6.92 Å². The van der Waals surface area contributed by atoms with Gasteiger partial charge in [0.15, 0.2) is 0 Å². The zero-order chi connectivity index (χ0) is 21.0. The molecule has 0 bridgehead atoms. The molecule has 2 amide bonds. The summed E-state index contributed by atoms with van der Waals surface area (Å²) >= 11 is 8.67. The molecule has 8 heteroatoms. The number of nitrogens with zero attached hydrogens (tertiary/aromatic N) is 1. The minimum atomic E-state index is -0.200. The molecule has 0 spiro atoms. The van der Waals surface area contributed by atoms with E-state index in [2.05, 4.69) is 23.6 Å². The Hall–Kier alpha value is -2.01. The summed E-state index contributed by atoms with van der Waals surface area (Å²) in [7, 11) is 0. The van der Waals surface area contributed by atoms with Crippen LogP contribution in [0, 0.1) is 24.2 Å². The van der Waals surface area contributed by atoms with Crippen LogP contribution >= 0.6 is 34.7 Å². The largest absolute Gasteiger partial charge is 0.325 e. The highest BCUT2D eigenvalue weighted by Crippen LogP contribution is 2.39. The number of carbonyl (C=O) groups excluding carboxylic acids is 2. The number of aryl methyl sites for hydroxylation is 1. The predicted molar refractivity (Wildman–Crippen MR) is 121 cm³/mol. The Morgan fingerprint density at radius 2 is 2.03 bits per heavy atom. The van der Waals surface area contributed by atoms with Crippen molar-refractivity contribution in [1.29, 1.82) is 5.26 Å². The maximum atomic E-state index is 12.3. The number of nitrogens with one attached hydrogen (secondary N) is 2. The van der Waals surface area contributed by atoms with Crippen LogP contribution in [0.25, 0.3) is 0 Å². The van der Waals surface area contributed by atoms with Crippen molar-refractivity contribution in [2.75, 3.05) is 22.1 Å². The van der Waals surface area contributed by atoms with Crippen molar-refractivity contribution in [3.63, 3.8) is 0 Å². The van der Waals surface area contributed by atoms with Gasteiger partial charge in [-0.15, -0.1) is 23.1 Å². The van der Waals surface area contributed by atoms with E-state index in [4.69, 9.17) is 11.6 Å². The lowest BCUT2D eigenvalue weighted by Gasteiger charge is -2.17. The van der Waals surface area contributed by atoms with Gasteiger partial charge in [-0.05, 0) is 61.4 Å². The van der Waals surface area contributed by atoms with Gasteiger partial charge in [0.25, 0.3) is 0 Å². The van der Waals surface area contributed by atoms with Crippen LogP contribution in [-0.4, -0.2) is 23.3 Å². The van der Waals surface area contributed by atoms with Gasteiger partial charge in [0.05, 0.1) is 17.1 Å². The third-order valence-electron chi connectivity index (χ3n) is 4.81. The van der Waals surface area contributed by atoms with E-state index in [0.29, 0.717) is 27.2 Å². The van der Waals surface area contributed by atoms with Crippen molar-refractivity contribution in [2.24, 2.45) is 5.92 Å². The SMILES string of the molecule is Cc1cc(Cl)ccc1NC(=O)CSCC(=O)Nc1sc2c(c1C#N)CCC(C)C2. The standard InChI is InChI=1S/C21H22ClN3O2S2/c1-12-3-5-15-16(9-23)21(29-18(15)7-12)25-20(27)11-28-10-19(26)24-17-6-4-14(22)8-13(17)2/h4,6,8,12H,3,5,7,10-11H2,1-2H3,(H,24,26)(H,25,27). The maximum Gasteiger partial charge on any atom is 0.235 e. The molecular weight excluding hydrogens is 426 g/mol. The Morgan fingerprint density at radius 1 is 1.31 bits per heavy atom. The summed E-state index contributed by atoms with van der Waals surface area (Å²) in [5, 5.41) is 16.5. The normalized spacial score (nSPS) is 15.3. The average Bonchev–Trinajstić information content (AvgIpc) is 2.99. The molecule has 1 heterocycles. The second-order valence-corrected chi connectivity index (χ2v) is 9.74. The first-order chi connectivity index (χ1) is 13.9. The Balaban J connectivity index is 1.50. The van der Waals surface area contributed by atoms with Crippen molar-refractivity contribution in [2.45, 2.75) is 33.1 Å². The Labute approximate surface area is 183 Å². The van der Waals surface area contributed by atoms with Gasteiger partial charge in [-0.2, -0.15) is 5.26 Å². The van der Waals surface area contributed by atoms with E-state index < -0.39 is 0 Å². The molecule has 1 aromatic heterocycles. The van der Waals surface area contributed by atoms with Gasteiger partial charge < -0.3 is 10.6 Å². The van der Waals surface area contributed by atoms with Gasteiger partial charge in [0.1, 0.15) is 11.1 Å². The summed E-state index contributed by atoms with van der Waals surface area (Å²) in [6, 6.07) is 7.51. The molecule has 2 aromatic rings. The Kier molecular flexibility index (Phi) is 7.23. The lowest BCUT2D eigenvalue weighted by molar-refractivity contribution is -0.114. The first kappa shape index (κ1) is 21.7. The summed E-state index contributed by atoms with van der Waals surface area (Å²) in [5.41, 5.74) is 3.29. The first-order valence-corrected chi connectivity index (χ1v) is 11.7. The second kappa shape index (κ2) is 9.66. The molecular formula is C21H22ClN3O2S2. The fourth-order valence-electron chi connectivity index (χ4n) is 3.31. The molecule has 1 aliphatic carbocycles. The van der Waals surface area contributed by atoms with Crippen LogP contribution in [0.2, 0.25) is 5.02 Å². The maximum absolute atomic E-state index is 12.3. The van der Waals surface area contributed by atoms with Crippen LogP contribution in [0.4, 0.5) is 10.7 Å². The zero-order valence-corrected chi connectivity index (χ0v) is 18.7. The Morgan fingerprint density at radius 3 is 2.72 bits per heavy atom. The van der Waals surface area contributed by atoms with Gasteiger partial charge in [-0.1, -0.05) is 18.5 Å². The molecule has 152 valence electrons. The molecule has 29 heavy (non-hydrogen) atoms. The summed E-state index contributed by atoms with van der Waals surface area (Å²) in [5.74, 6) is 0.547. The van der Waals surface area contributed by atoms with Crippen molar-refractivity contribution in [1.82, 2.24) is 0 Å². The van der Waals surface area contributed by atoms with E-state index >= 15 is 0 Å². The number of thioether (sulfide) groups is 1.